The molecule has 0 spiro atoms. The zero-order valence-electron chi connectivity index (χ0n) is 11.5. The van der Waals surface area contributed by atoms with Crippen LogP contribution in [0.2, 0.25) is 0 Å². The number of amides is 1. The van der Waals surface area contributed by atoms with Gasteiger partial charge in [-0.1, -0.05) is 13.3 Å². The average Bonchev–Trinajstić information content (AvgIpc) is 2.36. The van der Waals surface area contributed by atoms with Gasteiger partial charge in [0.2, 0.25) is 0 Å². The maximum atomic E-state index is 12.3. The van der Waals surface area contributed by atoms with Crippen LogP contribution in [0.25, 0.3) is 0 Å². The van der Waals surface area contributed by atoms with Gasteiger partial charge in [-0.25, -0.2) is 10.8 Å². The maximum absolute atomic E-state index is 12.3. The highest BCUT2D eigenvalue weighted by Crippen LogP contribution is 2.14. The minimum Gasteiger partial charge on any atom is -0.339 e. The summed E-state index contributed by atoms with van der Waals surface area (Å²) in [7, 11) is 1.83. The van der Waals surface area contributed by atoms with Gasteiger partial charge < -0.3 is 10.3 Å². The zero-order valence-corrected chi connectivity index (χ0v) is 11.5. The van der Waals surface area contributed by atoms with E-state index < -0.39 is 0 Å². The number of carbonyl (C=O) groups is 1. The summed E-state index contributed by atoms with van der Waals surface area (Å²) in [6, 6.07) is 3.67. The summed E-state index contributed by atoms with van der Waals surface area (Å²) in [4.78, 5) is 18.2. The average molecular weight is 250 g/mol. The van der Waals surface area contributed by atoms with Crippen molar-refractivity contribution >= 4 is 11.7 Å². The summed E-state index contributed by atoms with van der Waals surface area (Å²) < 4.78 is 0. The van der Waals surface area contributed by atoms with Crippen LogP contribution in [0.4, 0.5) is 5.82 Å². The maximum Gasteiger partial charge on any atom is 0.254 e. The number of rotatable bonds is 5. The van der Waals surface area contributed by atoms with E-state index in [4.69, 9.17) is 5.84 Å². The fourth-order valence-electron chi connectivity index (χ4n) is 1.88. The number of nitrogen functional groups attached to an aromatic ring is 1. The SMILES string of the molecule is CCCC(C)N(C)C(=O)c1cc(C)nc(NN)c1. The van der Waals surface area contributed by atoms with Gasteiger partial charge in [-0.15, -0.1) is 0 Å². The first kappa shape index (κ1) is 14.4. The number of pyridine rings is 1. The highest BCUT2D eigenvalue weighted by Gasteiger charge is 2.17. The van der Waals surface area contributed by atoms with E-state index in [0.29, 0.717) is 11.4 Å². The number of nitrogens with one attached hydrogen (secondary N) is 1. The molecular formula is C13H22N4O. The Labute approximate surface area is 108 Å². The van der Waals surface area contributed by atoms with Crippen molar-refractivity contribution in [3.63, 3.8) is 0 Å². The molecule has 1 aromatic rings. The van der Waals surface area contributed by atoms with Crippen LogP contribution in [0, 0.1) is 6.92 Å². The van der Waals surface area contributed by atoms with Gasteiger partial charge in [0, 0.05) is 24.3 Å². The number of aryl methyl sites for hydroxylation is 1. The summed E-state index contributed by atoms with van der Waals surface area (Å²) in [5, 5.41) is 0. The number of hydrazine groups is 1. The van der Waals surface area contributed by atoms with Crippen LogP contribution in [0.5, 0.6) is 0 Å². The van der Waals surface area contributed by atoms with Gasteiger partial charge in [-0.2, -0.15) is 0 Å². The number of hydrogen-bond donors (Lipinski definition) is 2. The fourth-order valence-corrected chi connectivity index (χ4v) is 1.88. The Hall–Kier alpha value is -1.62. The van der Waals surface area contributed by atoms with E-state index in [1.807, 2.05) is 14.0 Å². The second-order valence-electron chi connectivity index (χ2n) is 4.58. The molecule has 1 aromatic heterocycles. The number of anilines is 1. The van der Waals surface area contributed by atoms with Crippen LogP contribution in [-0.2, 0) is 0 Å². The van der Waals surface area contributed by atoms with Crippen molar-refractivity contribution in [2.24, 2.45) is 5.84 Å². The molecule has 1 amide bonds. The molecule has 100 valence electrons. The second-order valence-corrected chi connectivity index (χ2v) is 4.58. The monoisotopic (exact) mass is 250 g/mol. The lowest BCUT2D eigenvalue weighted by Crippen LogP contribution is -2.35. The fraction of sp³-hybridized carbons (Fsp3) is 0.538. The van der Waals surface area contributed by atoms with Crippen molar-refractivity contribution in [2.45, 2.75) is 39.7 Å². The molecule has 1 atom stereocenters. The summed E-state index contributed by atoms with van der Waals surface area (Å²) in [6.45, 7) is 6.01. The van der Waals surface area contributed by atoms with E-state index >= 15 is 0 Å². The first-order valence-electron chi connectivity index (χ1n) is 6.22. The normalized spacial score (nSPS) is 12.1. The van der Waals surface area contributed by atoms with Gasteiger partial charge in [0.1, 0.15) is 5.82 Å². The molecule has 5 heteroatoms. The first-order chi connectivity index (χ1) is 8.49. The molecule has 0 fully saturated rings. The van der Waals surface area contributed by atoms with E-state index in [2.05, 4.69) is 24.3 Å². The summed E-state index contributed by atoms with van der Waals surface area (Å²) in [6.07, 6.45) is 2.05. The van der Waals surface area contributed by atoms with Crippen molar-refractivity contribution in [3.05, 3.63) is 23.4 Å². The van der Waals surface area contributed by atoms with Crippen molar-refractivity contribution in [3.8, 4) is 0 Å². The molecule has 5 nitrogen and oxygen atoms in total. The molecule has 1 rings (SSSR count). The Morgan fingerprint density at radius 3 is 2.78 bits per heavy atom. The number of carbonyl (C=O) groups excluding carboxylic acids is 1. The summed E-state index contributed by atoms with van der Waals surface area (Å²) in [5.74, 6) is 5.84. The second kappa shape index (κ2) is 6.35. The molecule has 3 N–H and O–H groups in total. The molecule has 18 heavy (non-hydrogen) atoms. The summed E-state index contributed by atoms with van der Waals surface area (Å²) in [5.41, 5.74) is 3.86. The summed E-state index contributed by atoms with van der Waals surface area (Å²) >= 11 is 0. The molecule has 0 aromatic carbocycles. The molecular weight excluding hydrogens is 228 g/mol. The standard InChI is InChI=1S/C13H22N4O/c1-5-6-10(3)17(4)13(18)11-7-9(2)15-12(8-11)16-14/h7-8,10H,5-6,14H2,1-4H3,(H,15,16). The van der Waals surface area contributed by atoms with Crippen LogP contribution < -0.4 is 11.3 Å². The van der Waals surface area contributed by atoms with Crippen molar-refractivity contribution in [2.75, 3.05) is 12.5 Å². The van der Waals surface area contributed by atoms with Crippen LogP contribution in [-0.4, -0.2) is 28.9 Å². The molecule has 0 aliphatic rings. The molecule has 0 saturated carbocycles. The van der Waals surface area contributed by atoms with E-state index in [1.165, 1.54) is 0 Å². The number of nitrogens with zero attached hydrogens (tertiary/aromatic N) is 2. The smallest absolute Gasteiger partial charge is 0.254 e. The molecule has 0 bridgehead atoms. The lowest BCUT2D eigenvalue weighted by Gasteiger charge is -2.25. The van der Waals surface area contributed by atoms with Crippen molar-refractivity contribution < 1.29 is 4.79 Å². The lowest BCUT2D eigenvalue weighted by molar-refractivity contribution is 0.0736. The quantitative estimate of drug-likeness (QED) is 0.619. The predicted molar refractivity (Wildman–Crippen MR) is 73.2 cm³/mol. The van der Waals surface area contributed by atoms with Gasteiger partial charge in [0.05, 0.1) is 0 Å². The molecule has 0 aliphatic heterocycles. The molecule has 0 saturated heterocycles. The van der Waals surface area contributed by atoms with Gasteiger partial charge in [-0.05, 0) is 32.4 Å². The third-order valence-electron chi connectivity index (χ3n) is 3.04. The van der Waals surface area contributed by atoms with E-state index in [1.54, 1.807) is 17.0 Å². The van der Waals surface area contributed by atoms with Gasteiger partial charge in [-0.3, -0.25) is 4.79 Å². The third-order valence-corrected chi connectivity index (χ3v) is 3.04. The van der Waals surface area contributed by atoms with Crippen LogP contribution in [0.15, 0.2) is 12.1 Å². The molecule has 0 aliphatic carbocycles. The van der Waals surface area contributed by atoms with Crippen molar-refractivity contribution in [1.82, 2.24) is 9.88 Å². The zero-order chi connectivity index (χ0) is 13.7. The minimum absolute atomic E-state index is 0.00190. The number of aromatic nitrogens is 1. The largest absolute Gasteiger partial charge is 0.339 e. The minimum atomic E-state index is -0.00190. The Balaban J connectivity index is 2.92. The van der Waals surface area contributed by atoms with Crippen LogP contribution in [0.3, 0.4) is 0 Å². The van der Waals surface area contributed by atoms with Gasteiger partial charge >= 0.3 is 0 Å². The molecule has 1 heterocycles. The van der Waals surface area contributed by atoms with Crippen LogP contribution >= 0.6 is 0 Å². The third kappa shape index (κ3) is 3.43. The topological polar surface area (TPSA) is 71.2 Å². The number of nitrogens with two attached hydrogens (primary N) is 1. The van der Waals surface area contributed by atoms with Crippen molar-refractivity contribution in [1.29, 1.82) is 0 Å². The molecule has 0 radical (unpaired) electrons. The highest BCUT2D eigenvalue weighted by molar-refractivity contribution is 5.95. The Bertz CT molecular complexity index is 419. The lowest BCUT2D eigenvalue weighted by atomic mass is 10.1. The van der Waals surface area contributed by atoms with E-state index in [9.17, 15) is 4.79 Å². The Kier molecular flexibility index (Phi) is 5.09. The van der Waals surface area contributed by atoms with Gasteiger partial charge in [0.15, 0.2) is 0 Å². The Morgan fingerprint density at radius 1 is 1.56 bits per heavy atom. The highest BCUT2D eigenvalue weighted by atomic mass is 16.2. The predicted octanol–water partition coefficient (Wildman–Crippen LogP) is 1.94. The van der Waals surface area contributed by atoms with Crippen LogP contribution in [0.1, 0.15) is 42.7 Å². The van der Waals surface area contributed by atoms with E-state index in [-0.39, 0.29) is 11.9 Å². The number of hydrogen-bond acceptors (Lipinski definition) is 4. The van der Waals surface area contributed by atoms with Gasteiger partial charge in [0.25, 0.3) is 5.91 Å². The van der Waals surface area contributed by atoms with E-state index in [0.717, 1.165) is 18.5 Å². The first-order valence-corrected chi connectivity index (χ1v) is 6.22. The molecule has 1 unspecified atom stereocenters. The Morgan fingerprint density at radius 2 is 2.22 bits per heavy atom.